The number of ether oxygens (including phenoxy) is 3. The fourth-order valence-corrected chi connectivity index (χ4v) is 1.55. The van der Waals surface area contributed by atoms with Crippen molar-refractivity contribution in [1.82, 2.24) is 0 Å². The third-order valence-electron chi connectivity index (χ3n) is 2.31. The summed E-state index contributed by atoms with van der Waals surface area (Å²) >= 11 is 0. The standard InChI is InChI=1S/C12H15F2NO4/c1-17-7-18-6-5-10(19-12(15)16)11-8(13)3-2-4-9(11)14/h2-4,10H,5-7H2,1H3,(H2,15,16). The van der Waals surface area contributed by atoms with E-state index in [0.29, 0.717) is 0 Å². The summed E-state index contributed by atoms with van der Waals surface area (Å²) in [6.07, 6.45) is -2.19. The fraction of sp³-hybridized carbons (Fsp3) is 0.417. The lowest BCUT2D eigenvalue weighted by molar-refractivity contribution is -0.0412. The number of rotatable bonds is 7. The summed E-state index contributed by atoms with van der Waals surface area (Å²) in [6.45, 7) is 0.128. The van der Waals surface area contributed by atoms with Crippen molar-refractivity contribution in [2.45, 2.75) is 12.5 Å². The highest BCUT2D eigenvalue weighted by molar-refractivity contribution is 5.65. The van der Waals surface area contributed by atoms with Gasteiger partial charge in [0.15, 0.2) is 0 Å². The van der Waals surface area contributed by atoms with E-state index in [-0.39, 0.29) is 25.4 Å². The largest absolute Gasteiger partial charge is 0.441 e. The zero-order chi connectivity index (χ0) is 14.3. The molecule has 0 aliphatic rings. The number of amides is 1. The average Bonchev–Trinajstić information content (AvgIpc) is 2.33. The van der Waals surface area contributed by atoms with Crippen molar-refractivity contribution in [1.29, 1.82) is 0 Å². The van der Waals surface area contributed by atoms with Crippen molar-refractivity contribution >= 4 is 6.09 Å². The number of hydrogen-bond donors (Lipinski definition) is 1. The van der Waals surface area contributed by atoms with E-state index in [0.717, 1.165) is 12.1 Å². The number of nitrogens with two attached hydrogens (primary N) is 1. The van der Waals surface area contributed by atoms with E-state index < -0.39 is 23.8 Å². The zero-order valence-electron chi connectivity index (χ0n) is 10.4. The van der Waals surface area contributed by atoms with E-state index in [4.69, 9.17) is 15.2 Å². The van der Waals surface area contributed by atoms with Crippen molar-refractivity contribution in [3.63, 3.8) is 0 Å². The van der Waals surface area contributed by atoms with Crippen molar-refractivity contribution in [2.24, 2.45) is 5.73 Å². The van der Waals surface area contributed by atoms with E-state index in [2.05, 4.69) is 4.74 Å². The molecular weight excluding hydrogens is 260 g/mol. The minimum absolute atomic E-state index is 0.0308. The van der Waals surface area contributed by atoms with Gasteiger partial charge in [0.2, 0.25) is 0 Å². The van der Waals surface area contributed by atoms with E-state index in [1.807, 2.05) is 0 Å². The summed E-state index contributed by atoms with van der Waals surface area (Å²) < 4.78 is 41.5. The number of methoxy groups -OCH3 is 1. The lowest BCUT2D eigenvalue weighted by Gasteiger charge is -2.18. The Labute approximate surface area is 109 Å². The minimum Gasteiger partial charge on any atom is -0.441 e. The van der Waals surface area contributed by atoms with Gasteiger partial charge in [-0.05, 0) is 12.1 Å². The molecule has 0 radical (unpaired) electrons. The average molecular weight is 275 g/mol. The molecule has 1 rings (SSSR count). The van der Waals surface area contributed by atoms with Crippen LogP contribution >= 0.6 is 0 Å². The summed E-state index contributed by atoms with van der Waals surface area (Å²) in [5.41, 5.74) is 4.54. The van der Waals surface area contributed by atoms with Gasteiger partial charge >= 0.3 is 6.09 Å². The lowest BCUT2D eigenvalue weighted by atomic mass is 10.1. The molecule has 1 unspecified atom stereocenters. The van der Waals surface area contributed by atoms with Crippen LogP contribution in [0.15, 0.2) is 18.2 Å². The van der Waals surface area contributed by atoms with Crippen LogP contribution in [0.4, 0.5) is 13.6 Å². The highest BCUT2D eigenvalue weighted by Crippen LogP contribution is 2.26. The van der Waals surface area contributed by atoms with Gasteiger partial charge in [-0.3, -0.25) is 0 Å². The molecule has 0 bridgehead atoms. The Morgan fingerprint density at radius 2 is 2.00 bits per heavy atom. The quantitative estimate of drug-likeness (QED) is 0.611. The first kappa shape index (κ1) is 15.3. The Morgan fingerprint density at radius 1 is 1.37 bits per heavy atom. The van der Waals surface area contributed by atoms with E-state index in [1.54, 1.807) is 0 Å². The third-order valence-corrected chi connectivity index (χ3v) is 2.31. The molecule has 0 heterocycles. The molecule has 19 heavy (non-hydrogen) atoms. The number of carbonyl (C=O) groups excluding carboxylic acids is 1. The van der Waals surface area contributed by atoms with Crippen LogP contribution in [-0.2, 0) is 14.2 Å². The normalized spacial score (nSPS) is 12.2. The predicted molar refractivity (Wildman–Crippen MR) is 62.2 cm³/mol. The van der Waals surface area contributed by atoms with Crippen molar-refractivity contribution in [3.8, 4) is 0 Å². The molecule has 1 aromatic carbocycles. The van der Waals surface area contributed by atoms with Crippen LogP contribution in [0.3, 0.4) is 0 Å². The van der Waals surface area contributed by atoms with Crippen LogP contribution in [0.2, 0.25) is 0 Å². The van der Waals surface area contributed by atoms with Crippen LogP contribution in [-0.4, -0.2) is 26.6 Å². The van der Waals surface area contributed by atoms with Crippen molar-refractivity contribution in [2.75, 3.05) is 20.5 Å². The van der Waals surface area contributed by atoms with E-state index >= 15 is 0 Å². The third kappa shape index (κ3) is 4.80. The second-order valence-corrected chi connectivity index (χ2v) is 3.66. The SMILES string of the molecule is COCOCCC(OC(N)=O)c1c(F)cccc1F. The Morgan fingerprint density at radius 3 is 2.53 bits per heavy atom. The molecule has 0 aliphatic carbocycles. The Bertz CT molecular complexity index is 408. The number of benzene rings is 1. The molecule has 0 spiro atoms. The van der Waals surface area contributed by atoms with Crippen LogP contribution in [0, 0.1) is 11.6 Å². The van der Waals surface area contributed by atoms with Crippen molar-refractivity contribution < 1.29 is 27.8 Å². The summed E-state index contributed by atoms with van der Waals surface area (Å²) in [7, 11) is 1.44. The first-order valence-electron chi connectivity index (χ1n) is 5.53. The van der Waals surface area contributed by atoms with Gasteiger partial charge in [-0.1, -0.05) is 6.07 Å². The fourth-order valence-electron chi connectivity index (χ4n) is 1.55. The lowest BCUT2D eigenvalue weighted by Crippen LogP contribution is -2.20. The van der Waals surface area contributed by atoms with E-state index in [1.165, 1.54) is 13.2 Å². The van der Waals surface area contributed by atoms with Crippen LogP contribution in [0.1, 0.15) is 18.1 Å². The number of primary amides is 1. The number of halogens is 2. The topological polar surface area (TPSA) is 70.8 Å². The number of carbonyl (C=O) groups is 1. The summed E-state index contributed by atoms with van der Waals surface area (Å²) in [6, 6.07) is 3.37. The van der Waals surface area contributed by atoms with Gasteiger partial charge in [0.25, 0.3) is 0 Å². The summed E-state index contributed by atoms with van der Waals surface area (Å²) in [4.78, 5) is 10.8. The first-order chi connectivity index (χ1) is 9.06. The molecule has 2 N–H and O–H groups in total. The molecule has 5 nitrogen and oxygen atoms in total. The molecule has 1 amide bonds. The highest BCUT2D eigenvalue weighted by atomic mass is 19.1. The monoisotopic (exact) mass is 275 g/mol. The molecule has 0 fully saturated rings. The molecule has 7 heteroatoms. The van der Waals surface area contributed by atoms with Gasteiger partial charge in [0, 0.05) is 13.5 Å². The molecule has 0 saturated carbocycles. The summed E-state index contributed by atoms with van der Waals surface area (Å²) in [5, 5.41) is 0. The predicted octanol–water partition coefficient (Wildman–Crippen LogP) is 2.11. The molecule has 0 saturated heterocycles. The van der Waals surface area contributed by atoms with E-state index in [9.17, 15) is 13.6 Å². The van der Waals surface area contributed by atoms with Crippen LogP contribution in [0.25, 0.3) is 0 Å². The molecule has 0 aliphatic heterocycles. The first-order valence-corrected chi connectivity index (χ1v) is 5.53. The second-order valence-electron chi connectivity index (χ2n) is 3.66. The zero-order valence-corrected chi connectivity index (χ0v) is 10.4. The Hall–Kier alpha value is -1.73. The Kier molecular flexibility index (Phi) is 6.17. The Balaban J connectivity index is 2.80. The van der Waals surface area contributed by atoms with Crippen molar-refractivity contribution in [3.05, 3.63) is 35.4 Å². The molecule has 1 aromatic rings. The molecular formula is C12H15F2NO4. The minimum atomic E-state index is -1.14. The maximum Gasteiger partial charge on any atom is 0.405 e. The van der Waals surface area contributed by atoms with Gasteiger partial charge in [-0.15, -0.1) is 0 Å². The maximum atomic E-state index is 13.6. The molecule has 0 aromatic heterocycles. The van der Waals surface area contributed by atoms with Gasteiger partial charge in [0.05, 0.1) is 12.2 Å². The second kappa shape index (κ2) is 7.65. The van der Waals surface area contributed by atoms with Gasteiger partial charge < -0.3 is 19.9 Å². The van der Waals surface area contributed by atoms with Gasteiger partial charge in [0.1, 0.15) is 24.5 Å². The number of hydrogen-bond acceptors (Lipinski definition) is 4. The maximum absolute atomic E-state index is 13.6. The van der Waals surface area contributed by atoms with Crippen LogP contribution < -0.4 is 5.73 Å². The van der Waals surface area contributed by atoms with Gasteiger partial charge in [-0.2, -0.15) is 0 Å². The highest BCUT2D eigenvalue weighted by Gasteiger charge is 2.23. The summed E-state index contributed by atoms with van der Waals surface area (Å²) in [5.74, 6) is -1.61. The molecule has 1 atom stereocenters. The smallest absolute Gasteiger partial charge is 0.405 e. The van der Waals surface area contributed by atoms with Crippen LogP contribution in [0.5, 0.6) is 0 Å². The molecule has 106 valence electrons. The van der Waals surface area contributed by atoms with Gasteiger partial charge in [-0.25, -0.2) is 13.6 Å².